The van der Waals surface area contributed by atoms with Gasteiger partial charge in [-0.05, 0) is 30.2 Å². The average Bonchev–Trinajstić information content (AvgIpc) is 2.64. The van der Waals surface area contributed by atoms with Gasteiger partial charge in [-0.2, -0.15) is 5.10 Å². The molecule has 0 saturated heterocycles. The first-order valence-electron chi connectivity index (χ1n) is 7.76. The first-order chi connectivity index (χ1) is 11.4. The van der Waals surface area contributed by atoms with Gasteiger partial charge in [0.25, 0.3) is 0 Å². The van der Waals surface area contributed by atoms with Crippen molar-refractivity contribution < 1.29 is 0 Å². The van der Waals surface area contributed by atoms with Crippen molar-refractivity contribution in [1.82, 2.24) is 4.98 Å². The molecule has 23 heavy (non-hydrogen) atoms. The molecule has 0 bridgehead atoms. The Morgan fingerprint density at radius 2 is 1.52 bits per heavy atom. The van der Waals surface area contributed by atoms with Crippen LogP contribution in [0.1, 0.15) is 23.6 Å². The van der Waals surface area contributed by atoms with Gasteiger partial charge in [0, 0.05) is 23.5 Å². The zero-order valence-corrected chi connectivity index (χ0v) is 13.1. The largest absolute Gasteiger partial charge is 0.278 e. The number of nitrogens with one attached hydrogen (secondary N) is 1. The van der Waals surface area contributed by atoms with Gasteiger partial charge in [-0.25, -0.2) is 0 Å². The molecule has 3 nitrogen and oxygen atoms in total. The Kier molecular flexibility index (Phi) is 4.79. The molecule has 0 unspecified atom stereocenters. The third-order valence-corrected chi connectivity index (χ3v) is 3.69. The van der Waals surface area contributed by atoms with E-state index in [-0.39, 0.29) is 0 Å². The second-order valence-electron chi connectivity index (χ2n) is 5.18. The molecule has 1 N–H and O–H groups in total. The fourth-order valence-corrected chi connectivity index (χ4v) is 2.46. The second kappa shape index (κ2) is 7.36. The first kappa shape index (κ1) is 15.0. The minimum Gasteiger partial charge on any atom is -0.278 e. The molecule has 0 radical (unpaired) electrons. The van der Waals surface area contributed by atoms with Crippen molar-refractivity contribution >= 4 is 11.4 Å². The summed E-state index contributed by atoms with van der Waals surface area (Å²) in [6, 6.07) is 22.4. The molecule has 114 valence electrons. The van der Waals surface area contributed by atoms with Crippen LogP contribution in [-0.4, -0.2) is 10.7 Å². The third kappa shape index (κ3) is 3.64. The Morgan fingerprint density at radius 1 is 0.870 bits per heavy atom. The highest BCUT2D eigenvalue weighted by Gasteiger charge is 2.07. The minimum absolute atomic E-state index is 0.902. The van der Waals surface area contributed by atoms with E-state index in [1.807, 2.05) is 36.4 Å². The van der Waals surface area contributed by atoms with Crippen molar-refractivity contribution in [3.8, 4) is 0 Å². The van der Waals surface area contributed by atoms with Crippen LogP contribution in [0.15, 0.2) is 84.2 Å². The number of hydrazone groups is 1. The van der Waals surface area contributed by atoms with Gasteiger partial charge in [0.1, 0.15) is 0 Å². The number of rotatable bonds is 5. The van der Waals surface area contributed by atoms with E-state index in [0.29, 0.717) is 0 Å². The summed E-state index contributed by atoms with van der Waals surface area (Å²) in [6.07, 6.45) is 4.54. The lowest BCUT2D eigenvalue weighted by atomic mass is 10.0. The van der Waals surface area contributed by atoms with Gasteiger partial charge in [0.15, 0.2) is 0 Å². The third-order valence-electron chi connectivity index (χ3n) is 3.69. The quantitative estimate of drug-likeness (QED) is 0.556. The molecule has 1 heterocycles. The molecule has 0 aliphatic rings. The molecule has 2 aromatic carbocycles. The molecule has 3 rings (SSSR count). The fourth-order valence-electron chi connectivity index (χ4n) is 2.46. The van der Waals surface area contributed by atoms with Crippen LogP contribution in [0.5, 0.6) is 0 Å². The van der Waals surface area contributed by atoms with Crippen molar-refractivity contribution in [2.24, 2.45) is 5.10 Å². The van der Waals surface area contributed by atoms with E-state index in [1.165, 1.54) is 5.56 Å². The molecular weight excluding hydrogens is 282 g/mol. The number of hydrogen-bond donors (Lipinski definition) is 1. The van der Waals surface area contributed by atoms with Crippen LogP contribution in [0.25, 0.3) is 0 Å². The van der Waals surface area contributed by atoms with Crippen molar-refractivity contribution in [2.45, 2.75) is 13.3 Å². The van der Waals surface area contributed by atoms with E-state index >= 15 is 0 Å². The summed E-state index contributed by atoms with van der Waals surface area (Å²) in [4.78, 5) is 4.09. The van der Waals surface area contributed by atoms with Crippen molar-refractivity contribution in [1.29, 1.82) is 0 Å². The number of benzene rings is 2. The lowest BCUT2D eigenvalue weighted by molar-refractivity contribution is 1.13. The molecule has 3 heteroatoms. The summed E-state index contributed by atoms with van der Waals surface area (Å²) >= 11 is 0. The molecule has 3 aromatic rings. The van der Waals surface area contributed by atoms with Gasteiger partial charge in [-0.15, -0.1) is 0 Å². The Balaban J connectivity index is 1.99. The summed E-state index contributed by atoms with van der Waals surface area (Å²) in [5.41, 5.74) is 8.52. The molecule has 0 atom stereocenters. The van der Waals surface area contributed by atoms with Gasteiger partial charge in [0.2, 0.25) is 0 Å². The Hall–Kier alpha value is -2.94. The maximum atomic E-state index is 4.68. The minimum atomic E-state index is 0.902. The SMILES string of the molecule is CCc1ccccc1N/N=C(\c1ccccc1)c1ccncc1. The Morgan fingerprint density at radius 3 is 2.26 bits per heavy atom. The zero-order valence-electron chi connectivity index (χ0n) is 13.1. The van der Waals surface area contributed by atoms with E-state index in [2.05, 4.69) is 52.8 Å². The van der Waals surface area contributed by atoms with E-state index in [9.17, 15) is 0 Å². The van der Waals surface area contributed by atoms with Gasteiger partial charge < -0.3 is 0 Å². The summed E-state index contributed by atoms with van der Waals surface area (Å²) in [5, 5.41) is 4.68. The van der Waals surface area contributed by atoms with Crippen molar-refractivity contribution in [3.05, 3.63) is 95.8 Å². The predicted octanol–water partition coefficient (Wildman–Crippen LogP) is 4.51. The number of aromatic nitrogens is 1. The van der Waals surface area contributed by atoms with E-state index in [1.54, 1.807) is 12.4 Å². The molecule has 0 fully saturated rings. The molecule has 0 spiro atoms. The Labute approximate surface area is 136 Å². The van der Waals surface area contributed by atoms with Crippen LogP contribution in [-0.2, 0) is 6.42 Å². The maximum Gasteiger partial charge on any atom is 0.0979 e. The van der Waals surface area contributed by atoms with Gasteiger partial charge >= 0.3 is 0 Å². The lowest BCUT2D eigenvalue weighted by Crippen LogP contribution is -2.07. The fraction of sp³-hybridized carbons (Fsp3) is 0.100. The smallest absolute Gasteiger partial charge is 0.0979 e. The molecule has 0 aliphatic carbocycles. The van der Waals surface area contributed by atoms with Crippen LogP contribution < -0.4 is 5.43 Å². The van der Waals surface area contributed by atoms with Gasteiger partial charge in [-0.1, -0.05) is 55.5 Å². The second-order valence-corrected chi connectivity index (χ2v) is 5.18. The number of aryl methyl sites for hydroxylation is 1. The molecule has 1 aromatic heterocycles. The predicted molar refractivity (Wildman–Crippen MR) is 95.8 cm³/mol. The summed E-state index contributed by atoms with van der Waals surface area (Å²) in [7, 11) is 0. The molecule has 0 aliphatic heterocycles. The lowest BCUT2D eigenvalue weighted by Gasteiger charge is -2.10. The van der Waals surface area contributed by atoms with Gasteiger partial charge in [-0.3, -0.25) is 10.4 Å². The van der Waals surface area contributed by atoms with Crippen molar-refractivity contribution in [3.63, 3.8) is 0 Å². The van der Waals surface area contributed by atoms with Crippen LogP contribution in [0, 0.1) is 0 Å². The molecular formula is C20H19N3. The van der Waals surface area contributed by atoms with Crippen LogP contribution >= 0.6 is 0 Å². The number of anilines is 1. The highest BCUT2D eigenvalue weighted by molar-refractivity contribution is 6.13. The van der Waals surface area contributed by atoms with Gasteiger partial charge in [0.05, 0.1) is 11.4 Å². The molecule has 0 saturated carbocycles. The monoisotopic (exact) mass is 301 g/mol. The highest BCUT2D eigenvalue weighted by atomic mass is 15.3. The van der Waals surface area contributed by atoms with Crippen molar-refractivity contribution in [2.75, 3.05) is 5.43 Å². The summed E-state index contributed by atoms with van der Waals surface area (Å²) in [6.45, 7) is 2.14. The number of para-hydroxylation sites is 1. The normalized spacial score (nSPS) is 11.3. The standard InChI is InChI=1S/C20H19N3/c1-2-16-8-6-7-11-19(16)22-23-20(17-9-4-3-5-10-17)18-12-14-21-15-13-18/h3-15,22H,2H2,1H3/b23-20+. The summed E-state index contributed by atoms with van der Waals surface area (Å²) in [5.74, 6) is 0. The first-order valence-corrected chi connectivity index (χ1v) is 7.76. The summed E-state index contributed by atoms with van der Waals surface area (Å²) < 4.78 is 0. The van der Waals surface area contributed by atoms with E-state index in [0.717, 1.165) is 28.9 Å². The van der Waals surface area contributed by atoms with Crippen LogP contribution in [0.3, 0.4) is 0 Å². The molecule has 0 amide bonds. The topological polar surface area (TPSA) is 37.3 Å². The maximum absolute atomic E-state index is 4.68. The van der Waals surface area contributed by atoms with Crippen LogP contribution in [0.4, 0.5) is 5.69 Å². The zero-order chi connectivity index (χ0) is 15.9. The van der Waals surface area contributed by atoms with Crippen LogP contribution in [0.2, 0.25) is 0 Å². The van der Waals surface area contributed by atoms with E-state index < -0.39 is 0 Å². The highest BCUT2D eigenvalue weighted by Crippen LogP contribution is 2.17. The average molecular weight is 301 g/mol. The number of pyridine rings is 1. The number of nitrogens with zero attached hydrogens (tertiary/aromatic N) is 2. The van der Waals surface area contributed by atoms with E-state index in [4.69, 9.17) is 0 Å². The Bertz CT molecular complexity index is 739. The number of hydrogen-bond acceptors (Lipinski definition) is 3.